The molecule has 0 unspecified atom stereocenters. The van der Waals surface area contributed by atoms with Crippen LogP contribution in [-0.2, 0) is 14.3 Å². The molecule has 146 valence electrons. The molecule has 0 saturated carbocycles. The molecular formula is C21H23N3O4. The average molecular weight is 381 g/mol. The minimum Gasteiger partial charge on any atom is -0.452 e. The quantitative estimate of drug-likeness (QED) is 0.748. The van der Waals surface area contributed by atoms with Crippen molar-refractivity contribution in [3.8, 4) is 0 Å². The first-order chi connectivity index (χ1) is 13.5. The van der Waals surface area contributed by atoms with Gasteiger partial charge in [-0.25, -0.2) is 4.79 Å². The second-order valence-electron chi connectivity index (χ2n) is 6.67. The monoisotopic (exact) mass is 381 g/mol. The Kier molecular flexibility index (Phi) is 6.26. The van der Waals surface area contributed by atoms with Crippen molar-refractivity contribution in [2.45, 2.75) is 12.8 Å². The van der Waals surface area contributed by atoms with Crippen molar-refractivity contribution in [2.24, 2.45) is 11.7 Å². The molecule has 1 saturated heterocycles. The molecule has 3 rings (SSSR count). The zero-order chi connectivity index (χ0) is 19.9. The molecule has 1 aliphatic rings. The molecule has 2 aromatic rings. The first-order valence-corrected chi connectivity index (χ1v) is 9.20. The van der Waals surface area contributed by atoms with Crippen molar-refractivity contribution in [2.75, 3.05) is 25.0 Å². The number of ether oxygens (including phenoxy) is 1. The van der Waals surface area contributed by atoms with Crippen LogP contribution in [0.3, 0.4) is 0 Å². The van der Waals surface area contributed by atoms with Gasteiger partial charge in [-0.3, -0.25) is 9.59 Å². The molecule has 0 bridgehead atoms. The van der Waals surface area contributed by atoms with Gasteiger partial charge in [-0.15, -0.1) is 0 Å². The van der Waals surface area contributed by atoms with Crippen LogP contribution in [0.2, 0.25) is 0 Å². The second kappa shape index (κ2) is 9.03. The van der Waals surface area contributed by atoms with E-state index in [4.69, 9.17) is 10.5 Å². The van der Waals surface area contributed by atoms with Crippen molar-refractivity contribution in [1.29, 1.82) is 0 Å². The topological polar surface area (TPSA) is 102 Å². The molecule has 0 aromatic heterocycles. The minimum atomic E-state index is -0.570. The molecule has 28 heavy (non-hydrogen) atoms. The molecule has 7 nitrogen and oxygen atoms in total. The normalized spacial score (nSPS) is 14.4. The Morgan fingerprint density at radius 2 is 1.64 bits per heavy atom. The van der Waals surface area contributed by atoms with E-state index >= 15 is 0 Å². The molecule has 1 aliphatic heterocycles. The molecule has 0 atom stereocenters. The zero-order valence-electron chi connectivity index (χ0n) is 15.5. The third-order valence-corrected chi connectivity index (χ3v) is 4.78. The summed E-state index contributed by atoms with van der Waals surface area (Å²) in [5.41, 5.74) is 7.11. The van der Waals surface area contributed by atoms with Gasteiger partial charge < -0.3 is 20.7 Å². The predicted molar refractivity (Wildman–Crippen MR) is 105 cm³/mol. The van der Waals surface area contributed by atoms with Crippen LogP contribution >= 0.6 is 0 Å². The number of amides is 2. The van der Waals surface area contributed by atoms with E-state index in [9.17, 15) is 14.4 Å². The molecular weight excluding hydrogens is 358 g/mol. The number of esters is 1. The van der Waals surface area contributed by atoms with Crippen LogP contribution in [0.5, 0.6) is 0 Å². The number of carbonyl (C=O) groups is 3. The molecule has 1 heterocycles. The highest BCUT2D eigenvalue weighted by Crippen LogP contribution is 2.22. The number of likely N-dealkylation sites (tertiary alicyclic amines) is 1. The smallest absolute Gasteiger partial charge is 0.340 e. The summed E-state index contributed by atoms with van der Waals surface area (Å²) in [6, 6.07) is 16.5. The number of piperidine rings is 1. The van der Waals surface area contributed by atoms with Crippen LogP contribution in [0.1, 0.15) is 23.2 Å². The molecule has 7 heteroatoms. The summed E-state index contributed by atoms with van der Waals surface area (Å²) in [7, 11) is 0. The predicted octanol–water partition coefficient (Wildman–Crippen LogP) is 2.31. The average Bonchev–Trinajstić information content (AvgIpc) is 2.73. The lowest BCUT2D eigenvalue weighted by atomic mass is 9.96. The maximum absolute atomic E-state index is 12.5. The largest absolute Gasteiger partial charge is 0.452 e. The fourth-order valence-electron chi connectivity index (χ4n) is 3.16. The van der Waals surface area contributed by atoms with Crippen LogP contribution < -0.4 is 11.1 Å². The number of nitrogens with one attached hydrogen (secondary N) is 1. The highest BCUT2D eigenvalue weighted by atomic mass is 16.5. The van der Waals surface area contributed by atoms with Gasteiger partial charge in [-0.1, -0.05) is 30.3 Å². The van der Waals surface area contributed by atoms with E-state index in [1.807, 2.05) is 36.4 Å². The molecule has 0 radical (unpaired) electrons. The van der Waals surface area contributed by atoms with Gasteiger partial charge in [-0.05, 0) is 37.1 Å². The lowest BCUT2D eigenvalue weighted by molar-refractivity contribution is -0.137. The lowest BCUT2D eigenvalue weighted by Gasteiger charge is -2.30. The fraction of sp³-hybridized carbons (Fsp3) is 0.286. The van der Waals surface area contributed by atoms with Crippen LogP contribution in [0.15, 0.2) is 54.6 Å². The van der Waals surface area contributed by atoms with E-state index in [1.165, 1.54) is 0 Å². The Bertz CT molecular complexity index is 846. The van der Waals surface area contributed by atoms with E-state index in [2.05, 4.69) is 5.32 Å². The molecule has 0 spiro atoms. The summed E-state index contributed by atoms with van der Waals surface area (Å²) in [4.78, 5) is 37.6. The molecule has 0 aliphatic carbocycles. The third kappa shape index (κ3) is 4.88. The van der Waals surface area contributed by atoms with Gasteiger partial charge in [0.05, 0.1) is 11.3 Å². The Morgan fingerprint density at radius 1 is 1.00 bits per heavy atom. The van der Waals surface area contributed by atoms with Gasteiger partial charge in [0.25, 0.3) is 5.91 Å². The summed E-state index contributed by atoms with van der Waals surface area (Å²) < 4.78 is 5.23. The van der Waals surface area contributed by atoms with E-state index in [1.54, 1.807) is 23.1 Å². The lowest BCUT2D eigenvalue weighted by Crippen LogP contribution is -2.43. The number of hydrogen-bond donors (Lipinski definition) is 2. The first-order valence-electron chi connectivity index (χ1n) is 9.20. The van der Waals surface area contributed by atoms with E-state index < -0.39 is 5.97 Å². The number of nitrogens with zero attached hydrogens (tertiary/aromatic N) is 1. The van der Waals surface area contributed by atoms with Crippen molar-refractivity contribution >= 4 is 29.2 Å². The Labute approximate surface area is 163 Å². The molecule has 2 aromatic carbocycles. The van der Waals surface area contributed by atoms with Gasteiger partial charge >= 0.3 is 5.97 Å². The fourth-order valence-corrected chi connectivity index (χ4v) is 3.16. The van der Waals surface area contributed by atoms with Gasteiger partial charge in [-0.2, -0.15) is 0 Å². The first kappa shape index (κ1) is 19.4. The summed E-state index contributed by atoms with van der Waals surface area (Å²) in [5, 5.41) is 3.18. The number of hydrogen-bond acceptors (Lipinski definition) is 5. The number of rotatable bonds is 6. The van der Waals surface area contributed by atoms with E-state index in [0.29, 0.717) is 37.2 Å². The summed E-state index contributed by atoms with van der Waals surface area (Å²) in [5.74, 6) is -1.37. The number of carbonyl (C=O) groups excluding carboxylic acids is 3. The SMILES string of the molecule is NC(=O)C1CCN(C(=O)COC(=O)c2ccccc2Nc2ccccc2)CC1. The van der Waals surface area contributed by atoms with Crippen molar-refractivity contribution in [3.63, 3.8) is 0 Å². The summed E-state index contributed by atoms with van der Waals surface area (Å²) in [6.07, 6.45) is 1.08. The van der Waals surface area contributed by atoms with Gasteiger partial charge in [0, 0.05) is 24.7 Å². The van der Waals surface area contributed by atoms with Crippen molar-refractivity contribution in [3.05, 3.63) is 60.2 Å². The van der Waals surface area contributed by atoms with Gasteiger partial charge in [0.15, 0.2) is 6.61 Å². The Morgan fingerprint density at radius 3 is 2.32 bits per heavy atom. The highest BCUT2D eigenvalue weighted by molar-refractivity contribution is 5.97. The number of anilines is 2. The zero-order valence-corrected chi connectivity index (χ0v) is 15.5. The Hall–Kier alpha value is -3.35. The standard InChI is InChI=1S/C21H23N3O4/c22-20(26)15-10-12-24(13-11-15)19(25)14-28-21(27)17-8-4-5-9-18(17)23-16-6-2-1-3-7-16/h1-9,15,23H,10-14H2,(H2,22,26). The number of primary amides is 1. The number of benzene rings is 2. The highest BCUT2D eigenvalue weighted by Gasteiger charge is 2.26. The second-order valence-corrected chi connectivity index (χ2v) is 6.67. The summed E-state index contributed by atoms with van der Waals surface area (Å²) >= 11 is 0. The van der Waals surface area contributed by atoms with Gasteiger partial charge in [0.1, 0.15) is 0 Å². The number of para-hydroxylation sites is 2. The maximum Gasteiger partial charge on any atom is 0.340 e. The molecule has 3 N–H and O–H groups in total. The number of nitrogens with two attached hydrogens (primary N) is 1. The van der Waals surface area contributed by atoms with Crippen molar-refractivity contribution in [1.82, 2.24) is 4.90 Å². The van der Waals surface area contributed by atoms with E-state index in [0.717, 1.165) is 5.69 Å². The molecule has 2 amide bonds. The maximum atomic E-state index is 12.5. The van der Waals surface area contributed by atoms with Crippen LogP contribution in [-0.4, -0.2) is 42.4 Å². The van der Waals surface area contributed by atoms with Gasteiger partial charge in [0.2, 0.25) is 5.91 Å². The minimum absolute atomic E-state index is 0.192. The van der Waals surface area contributed by atoms with Crippen molar-refractivity contribution < 1.29 is 19.1 Å². The van der Waals surface area contributed by atoms with Crippen LogP contribution in [0, 0.1) is 5.92 Å². The Balaban J connectivity index is 1.57. The molecule has 1 fully saturated rings. The van der Waals surface area contributed by atoms with E-state index in [-0.39, 0.29) is 24.3 Å². The van der Waals surface area contributed by atoms with Crippen LogP contribution in [0.4, 0.5) is 11.4 Å². The third-order valence-electron chi connectivity index (χ3n) is 4.78. The summed E-state index contributed by atoms with van der Waals surface area (Å²) in [6.45, 7) is 0.548. The van der Waals surface area contributed by atoms with Crippen LogP contribution in [0.25, 0.3) is 0 Å².